The SMILES string of the molecule is CC/C=C\C/C=C\C/C=C\CCCCCCCCCC(=O)OCC(COCCCCCCCCCC)OC(=O)CCCCCCCCC/C=C\CCCCCCCC. The first-order valence-corrected chi connectivity index (χ1v) is 25.2. The van der Waals surface area contributed by atoms with Crippen LogP contribution in [0.25, 0.3) is 0 Å². The molecule has 0 aromatic rings. The average molecular weight is 813 g/mol. The van der Waals surface area contributed by atoms with Gasteiger partial charge in [-0.3, -0.25) is 9.59 Å². The standard InChI is InChI=1S/C53H96O5/c1-4-7-10-13-16-19-21-23-25-27-29-31-33-35-37-40-43-46-52(54)57-50-51(49-56-48-45-42-39-18-15-12-9-6-3)58-53(55)47-44-41-38-36-34-32-30-28-26-24-22-20-17-14-11-8-5-2/h7,10,16,19,23-26,51H,4-6,8-9,11-15,17-18,20-22,27-50H2,1-3H3/b10-7-,19-16-,25-23-,26-24-. The highest BCUT2D eigenvalue weighted by Gasteiger charge is 2.17. The summed E-state index contributed by atoms with van der Waals surface area (Å²) < 4.78 is 17.3. The second kappa shape index (κ2) is 49.2. The third-order valence-electron chi connectivity index (χ3n) is 10.8. The van der Waals surface area contributed by atoms with Crippen LogP contribution in [0.1, 0.15) is 252 Å². The Morgan fingerprint density at radius 3 is 1.26 bits per heavy atom. The van der Waals surface area contributed by atoms with Crippen LogP contribution in [0, 0.1) is 0 Å². The Kier molecular flexibility index (Phi) is 47.4. The highest BCUT2D eigenvalue weighted by atomic mass is 16.6. The highest BCUT2D eigenvalue weighted by molar-refractivity contribution is 5.70. The maximum Gasteiger partial charge on any atom is 0.306 e. The van der Waals surface area contributed by atoms with Gasteiger partial charge in [0.05, 0.1) is 6.61 Å². The number of esters is 2. The summed E-state index contributed by atoms with van der Waals surface area (Å²) >= 11 is 0. The Morgan fingerprint density at radius 2 is 0.776 bits per heavy atom. The summed E-state index contributed by atoms with van der Waals surface area (Å²) in [4.78, 5) is 25.3. The van der Waals surface area contributed by atoms with Crippen LogP contribution in [0.2, 0.25) is 0 Å². The number of carbonyl (C=O) groups excluding carboxylic acids is 2. The molecule has 0 rings (SSSR count). The number of carbonyl (C=O) groups is 2. The van der Waals surface area contributed by atoms with E-state index in [1.165, 1.54) is 141 Å². The van der Waals surface area contributed by atoms with Gasteiger partial charge in [0.25, 0.3) is 0 Å². The largest absolute Gasteiger partial charge is 0.462 e. The lowest BCUT2D eigenvalue weighted by Crippen LogP contribution is -2.30. The van der Waals surface area contributed by atoms with E-state index in [1.54, 1.807) is 0 Å². The summed E-state index contributed by atoms with van der Waals surface area (Å²) in [6.45, 7) is 7.71. The lowest BCUT2D eigenvalue weighted by molar-refractivity contribution is -0.163. The first-order valence-electron chi connectivity index (χ1n) is 25.2. The molecule has 0 aromatic heterocycles. The highest BCUT2D eigenvalue weighted by Crippen LogP contribution is 2.14. The van der Waals surface area contributed by atoms with Gasteiger partial charge in [0, 0.05) is 19.4 Å². The molecule has 0 radical (unpaired) electrons. The molecule has 0 aliphatic carbocycles. The van der Waals surface area contributed by atoms with Crippen molar-refractivity contribution in [3.63, 3.8) is 0 Å². The monoisotopic (exact) mass is 813 g/mol. The topological polar surface area (TPSA) is 61.8 Å². The first kappa shape index (κ1) is 55.9. The average Bonchev–Trinajstić information content (AvgIpc) is 3.22. The van der Waals surface area contributed by atoms with Crippen LogP contribution >= 0.6 is 0 Å². The molecule has 0 aliphatic heterocycles. The van der Waals surface area contributed by atoms with Crippen LogP contribution in [-0.2, 0) is 23.8 Å². The summed E-state index contributed by atoms with van der Waals surface area (Å²) in [6.07, 6.45) is 59.7. The smallest absolute Gasteiger partial charge is 0.306 e. The minimum atomic E-state index is -0.537. The molecular formula is C53H96O5. The Bertz CT molecular complexity index is 966. The molecule has 1 atom stereocenters. The molecule has 58 heavy (non-hydrogen) atoms. The quantitative estimate of drug-likeness (QED) is 0.0348. The van der Waals surface area contributed by atoms with Crippen molar-refractivity contribution < 1.29 is 23.8 Å². The Hall–Kier alpha value is -2.14. The predicted octanol–water partition coefficient (Wildman–Crippen LogP) is 16.8. The van der Waals surface area contributed by atoms with Gasteiger partial charge in [0.1, 0.15) is 6.61 Å². The van der Waals surface area contributed by atoms with E-state index in [0.29, 0.717) is 19.4 Å². The number of allylic oxidation sites excluding steroid dienone is 8. The summed E-state index contributed by atoms with van der Waals surface area (Å²) in [7, 11) is 0. The van der Waals surface area contributed by atoms with Crippen molar-refractivity contribution in [3.8, 4) is 0 Å². The van der Waals surface area contributed by atoms with Crippen molar-refractivity contribution in [2.75, 3.05) is 19.8 Å². The van der Waals surface area contributed by atoms with Gasteiger partial charge >= 0.3 is 11.9 Å². The molecule has 0 bridgehead atoms. The molecule has 5 heteroatoms. The fourth-order valence-electron chi connectivity index (χ4n) is 7.11. The second-order valence-corrected chi connectivity index (χ2v) is 16.7. The van der Waals surface area contributed by atoms with Crippen LogP contribution in [0.4, 0.5) is 0 Å². The van der Waals surface area contributed by atoms with Gasteiger partial charge < -0.3 is 14.2 Å². The van der Waals surface area contributed by atoms with Crippen LogP contribution in [0.3, 0.4) is 0 Å². The van der Waals surface area contributed by atoms with E-state index in [0.717, 1.165) is 77.0 Å². The third-order valence-corrected chi connectivity index (χ3v) is 10.8. The van der Waals surface area contributed by atoms with E-state index in [1.807, 2.05) is 0 Å². The van der Waals surface area contributed by atoms with E-state index >= 15 is 0 Å². The fourth-order valence-corrected chi connectivity index (χ4v) is 7.11. The zero-order valence-electron chi connectivity index (χ0n) is 38.8. The molecule has 0 saturated carbocycles. The van der Waals surface area contributed by atoms with Crippen molar-refractivity contribution >= 4 is 11.9 Å². The Balaban J connectivity index is 4.17. The molecule has 0 amide bonds. The zero-order chi connectivity index (χ0) is 42.1. The first-order chi connectivity index (χ1) is 28.6. The second-order valence-electron chi connectivity index (χ2n) is 16.7. The van der Waals surface area contributed by atoms with Gasteiger partial charge in [0.15, 0.2) is 6.10 Å². The van der Waals surface area contributed by atoms with Gasteiger partial charge in [-0.25, -0.2) is 0 Å². The van der Waals surface area contributed by atoms with Gasteiger partial charge in [-0.05, 0) is 77.0 Å². The maximum atomic E-state index is 12.8. The zero-order valence-corrected chi connectivity index (χ0v) is 38.8. The molecule has 1 unspecified atom stereocenters. The van der Waals surface area contributed by atoms with E-state index < -0.39 is 6.10 Å². The van der Waals surface area contributed by atoms with E-state index in [9.17, 15) is 9.59 Å². The molecule has 5 nitrogen and oxygen atoms in total. The number of ether oxygens (including phenoxy) is 3. The van der Waals surface area contributed by atoms with Gasteiger partial charge in [-0.15, -0.1) is 0 Å². The minimum absolute atomic E-state index is 0.0806. The van der Waals surface area contributed by atoms with Crippen LogP contribution in [0.15, 0.2) is 48.6 Å². The predicted molar refractivity (Wildman–Crippen MR) is 251 cm³/mol. The van der Waals surface area contributed by atoms with Crippen LogP contribution in [-0.4, -0.2) is 37.9 Å². The van der Waals surface area contributed by atoms with Crippen LogP contribution in [0.5, 0.6) is 0 Å². The fraction of sp³-hybridized carbons (Fsp3) is 0.811. The molecule has 0 aromatic carbocycles. The van der Waals surface area contributed by atoms with Gasteiger partial charge in [0.2, 0.25) is 0 Å². The number of hydrogen-bond donors (Lipinski definition) is 0. The maximum absolute atomic E-state index is 12.8. The number of unbranched alkanes of at least 4 members (excludes halogenated alkanes) is 27. The van der Waals surface area contributed by atoms with Crippen molar-refractivity contribution in [2.45, 2.75) is 258 Å². The van der Waals surface area contributed by atoms with E-state index in [-0.39, 0.29) is 25.2 Å². The molecule has 0 N–H and O–H groups in total. The summed E-state index contributed by atoms with van der Waals surface area (Å²) in [5, 5.41) is 0. The molecule has 0 aliphatic rings. The van der Waals surface area contributed by atoms with Crippen molar-refractivity contribution in [2.24, 2.45) is 0 Å². The number of hydrogen-bond acceptors (Lipinski definition) is 5. The van der Waals surface area contributed by atoms with Crippen molar-refractivity contribution in [3.05, 3.63) is 48.6 Å². The van der Waals surface area contributed by atoms with E-state index in [2.05, 4.69) is 69.4 Å². The normalized spacial score (nSPS) is 12.5. The molecule has 0 heterocycles. The van der Waals surface area contributed by atoms with Crippen molar-refractivity contribution in [1.82, 2.24) is 0 Å². The molecule has 0 fully saturated rings. The summed E-state index contributed by atoms with van der Waals surface area (Å²) in [5.74, 6) is -0.406. The summed E-state index contributed by atoms with van der Waals surface area (Å²) in [5.41, 5.74) is 0. The Morgan fingerprint density at radius 1 is 0.397 bits per heavy atom. The molecular weight excluding hydrogens is 717 g/mol. The van der Waals surface area contributed by atoms with E-state index in [4.69, 9.17) is 14.2 Å². The summed E-state index contributed by atoms with van der Waals surface area (Å²) in [6, 6.07) is 0. The third kappa shape index (κ3) is 46.5. The van der Waals surface area contributed by atoms with Gasteiger partial charge in [-0.1, -0.05) is 211 Å². The molecule has 0 saturated heterocycles. The minimum Gasteiger partial charge on any atom is -0.462 e. The molecule has 0 spiro atoms. The Labute approximate surface area is 361 Å². The lowest BCUT2D eigenvalue weighted by atomic mass is 10.1. The lowest BCUT2D eigenvalue weighted by Gasteiger charge is -2.18. The van der Waals surface area contributed by atoms with Crippen molar-refractivity contribution in [1.29, 1.82) is 0 Å². The van der Waals surface area contributed by atoms with Crippen LogP contribution < -0.4 is 0 Å². The molecule has 338 valence electrons. The van der Waals surface area contributed by atoms with Gasteiger partial charge in [-0.2, -0.15) is 0 Å². The number of rotatable bonds is 46.